The molecule has 0 aliphatic heterocycles. The zero-order chi connectivity index (χ0) is 14.5. The molecular formula is C16H18ClNO2. The summed E-state index contributed by atoms with van der Waals surface area (Å²) >= 11 is 5.89. The third kappa shape index (κ3) is 3.65. The van der Waals surface area contributed by atoms with Gasteiger partial charge in [-0.15, -0.1) is 0 Å². The molecule has 0 aliphatic rings. The summed E-state index contributed by atoms with van der Waals surface area (Å²) in [7, 11) is 1.66. The normalized spacial score (nSPS) is 12.2. The summed E-state index contributed by atoms with van der Waals surface area (Å²) in [6.45, 7) is 2.79. The van der Waals surface area contributed by atoms with Crippen LogP contribution in [0.25, 0.3) is 0 Å². The average molecular weight is 292 g/mol. The van der Waals surface area contributed by atoms with E-state index in [9.17, 15) is 5.11 Å². The first-order valence-electron chi connectivity index (χ1n) is 6.45. The van der Waals surface area contributed by atoms with Crippen LogP contribution in [0.1, 0.15) is 24.1 Å². The predicted octanol–water partition coefficient (Wildman–Crippen LogP) is 3.91. The van der Waals surface area contributed by atoms with Gasteiger partial charge in [-0.25, -0.2) is 0 Å². The molecule has 0 bridgehead atoms. The van der Waals surface area contributed by atoms with Crippen molar-refractivity contribution in [2.75, 3.05) is 7.11 Å². The molecule has 0 radical (unpaired) electrons. The zero-order valence-electron chi connectivity index (χ0n) is 11.6. The van der Waals surface area contributed by atoms with Crippen LogP contribution in [0.4, 0.5) is 0 Å². The largest absolute Gasteiger partial charge is 0.506 e. The molecule has 1 atom stereocenters. The molecule has 0 saturated carbocycles. The van der Waals surface area contributed by atoms with E-state index in [2.05, 4.69) is 12.2 Å². The van der Waals surface area contributed by atoms with Crippen LogP contribution in [0.5, 0.6) is 11.5 Å². The highest BCUT2D eigenvalue weighted by atomic mass is 35.5. The van der Waals surface area contributed by atoms with E-state index in [4.69, 9.17) is 16.3 Å². The molecule has 20 heavy (non-hydrogen) atoms. The monoisotopic (exact) mass is 291 g/mol. The van der Waals surface area contributed by atoms with Crippen molar-refractivity contribution in [1.82, 2.24) is 5.32 Å². The zero-order valence-corrected chi connectivity index (χ0v) is 12.3. The second-order valence-electron chi connectivity index (χ2n) is 4.66. The molecule has 0 aliphatic carbocycles. The van der Waals surface area contributed by atoms with Crippen molar-refractivity contribution >= 4 is 11.6 Å². The summed E-state index contributed by atoms with van der Waals surface area (Å²) < 4.78 is 5.14. The van der Waals surface area contributed by atoms with Crippen molar-refractivity contribution in [3.05, 3.63) is 58.6 Å². The average Bonchev–Trinajstić information content (AvgIpc) is 2.48. The van der Waals surface area contributed by atoms with Gasteiger partial charge in [0.25, 0.3) is 0 Å². The molecule has 0 spiro atoms. The molecule has 2 rings (SSSR count). The topological polar surface area (TPSA) is 41.5 Å². The molecule has 0 unspecified atom stereocenters. The molecular weight excluding hydrogens is 274 g/mol. The minimum atomic E-state index is 0.110. The fraction of sp³-hybridized carbons (Fsp3) is 0.250. The van der Waals surface area contributed by atoms with Gasteiger partial charge in [-0.05, 0) is 42.3 Å². The van der Waals surface area contributed by atoms with Gasteiger partial charge in [0.05, 0.1) is 12.1 Å². The van der Waals surface area contributed by atoms with Crippen molar-refractivity contribution in [3.8, 4) is 11.5 Å². The van der Waals surface area contributed by atoms with Crippen LogP contribution in [0.3, 0.4) is 0 Å². The summed E-state index contributed by atoms with van der Waals surface area (Å²) in [5.74, 6) is 0.963. The second-order valence-corrected chi connectivity index (χ2v) is 5.07. The maximum Gasteiger partial charge on any atom is 0.134 e. The Kier molecular flexibility index (Phi) is 4.88. The SMILES string of the molecule is COc1ccc([C@@H](C)NCc2ccc(O)c(Cl)c2)cc1. The standard InChI is InChI=1S/C16H18ClNO2/c1-11(13-4-6-14(20-2)7-5-13)18-10-12-3-8-16(19)15(17)9-12/h3-9,11,18-19H,10H2,1-2H3/t11-/m1/s1. The van der Waals surface area contributed by atoms with Gasteiger partial charge < -0.3 is 15.2 Å². The lowest BCUT2D eigenvalue weighted by Gasteiger charge is -2.15. The van der Waals surface area contributed by atoms with E-state index >= 15 is 0 Å². The van der Waals surface area contributed by atoms with Gasteiger partial charge in [0.2, 0.25) is 0 Å². The summed E-state index contributed by atoms with van der Waals surface area (Å²) in [4.78, 5) is 0. The summed E-state index contributed by atoms with van der Waals surface area (Å²) in [5.41, 5.74) is 2.23. The number of hydrogen-bond donors (Lipinski definition) is 2. The Labute approximate surface area is 124 Å². The Hall–Kier alpha value is -1.71. The van der Waals surface area contributed by atoms with Gasteiger partial charge in [-0.3, -0.25) is 0 Å². The number of nitrogens with one attached hydrogen (secondary N) is 1. The predicted molar refractivity (Wildman–Crippen MR) is 81.4 cm³/mol. The Balaban J connectivity index is 1.96. The maximum atomic E-state index is 9.38. The number of phenolic OH excluding ortho intramolecular Hbond substituents is 1. The van der Waals surface area contributed by atoms with Crippen molar-refractivity contribution in [1.29, 1.82) is 0 Å². The van der Waals surface area contributed by atoms with Gasteiger partial charge in [0.15, 0.2) is 0 Å². The number of methoxy groups -OCH3 is 1. The lowest BCUT2D eigenvalue weighted by molar-refractivity contribution is 0.414. The summed E-state index contributed by atoms with van der Waals surface area (Å²) in [5, 5.41) is 13.2. The van der Waals surface area contributed by atoms with Crippen LogP contribution < -0.4 is 10.1 Å². The van der Waals surface area contributed by atoms with Gasteiger partial charge >= 0.3 is 0 Å². The Morgan fingerprint density at radius 1 is 1.20 bits per heavy atom. The lowest BCUT2D eigenvalue weighted by Crippen LogP contribution is -2.17. The Bertz CT molecular complexity index is 569. The molecule has 4 heteroatoms. The van der Waals surface area contributed by atoms with Crippen LogP contribution in [0.15, 0.2) is 42.5 Å². The third-order valence-corrected chi connectivity index (χ3v) is 3.54. The highest BCUT2D eigenvalue weighted by Gasteiger charge is 2.06. The molecule has 0 saturated heterocycles. The van der Waals surface area contributed by atoms with Crippen molar-refractivity contribution in [2.24, 2.45) is 0 Å². The molecule has 2 aromatic carbocycles. The summed E-state index contributed by atoms with van der Waals surface area (Å²) in [6, 6.07) is 13.4. The second kappa shape index (κ2) is 6.64. The van der Waals surface area contributed by atoms with E-state index in [0.29, 0.717) is 11.6 Å². The quantitative estimate of drug-likeness (QED) is 0.878. The molecule has 3 nitrogen and oxygen atoms in total. The van der Waals surface area contributed by atoms with E-state index in [1.807, 2.05) is 30.3 Å². The first-order chi connectivity index (χ1) is 9.60. The van der Waals surface area contributed by atoms with E-state index in [-0.39, 0.29) is 11.8 Å². The number of halogens is 1. The number of aromatic hydroxyl groups is 1. The van der Waals surface area contributed by atoms with Crippen LogP contribution >= 0.6 is 11.6 Å². The number of rotatable bonds is 5. The van der Waals surface area contributed by atoms with E-state index < -0.39 is 0 Å². The van der Waals surface area contributed by atoms with Crippen LogP contribution in [-0.2, 0) is 6.54 Å². The highest BCUT2D eigenvalue weighted by molar-refractivity contribution is 6.32. The minimum absolute atomic E-state index is 0.110. The third-order valence-electron chi connectivity index (χ3n) is 3.24. The fourth-order valence-corrected chi connectivity index (χ4v) is 2.14. The van der Waals surface area contributed by atoms with Gasteiger partial charge in [-0.2, -0.15) is 0 Å². The van der Waals surface area contributed by atoms with Gasteiger partial charge in [-0.1, -0.05) is 29.8 Å². The first-order valence-corrected chi connectivity index (χ1v) is 6.82. The molecule has 0 amide bonds. The van der Waals surface area contributed by atoms with Crippen molar-refractivity contribution < 1.29 is 9.84 Å². The van der Waals surface area contributed by atoms with Gasteiger partial charge in [0, 0.05) is 12.6 Å². The van der Waals surface area contributed by atoms with Crippen LogP contribution in [0.2, 0.25) is 5.02 Å². The molecule has 0 aromatic heterocycles. The number of ether oxygens (including phenoxy) is 1. The minimum Gasteiger partial charge on any atom is -0.506 e. The lowest BCUT2D eigenvalue weighted by atomic mass is 10.1. The van der Waals surface area contributed by atoms with E-state index in [1.54, 1.807) is 19.2 Å². The molecule has 0 heterocycles. The van der Waals surface area contributed by atoms with E-state index in [0.717, 1.165) is 11.3 Å². The summed E-state index contributed by atoms with van der Waals surface area (Å²) in [6.07, 6.45) is 0. The Morgan fingerprint density at radius 3 is 2.50 bits per heavy atom. The molecule has 106 valence electrons. The molecule has 2 N–H and O–H groups in total. The number of hydrogen-bond acceptors (Lipinski definition) is 3. The van der Waals surface area contributed by atoms with Crippen LogP contribution in [0, 0.1) is 0 Å². The fourth-order valence-electron chi connectivity index (χ4n) is 1.94. The molecule has 0 fully saturated rings. The smallest absolute Gasteiger partial charge is 0.134 e. The number of phenols is 1. The van der Waals surface area contributed by atoms with Crippen molar-refractivity contribution in [3.63, 3.8) is 0 Å². The van der Waals surface area contributed by atoms with Crippen molar-refractivity contribution in [2.45, 2.75) is 19.5 Å². The molecule has 2 aromatic rings. The van der Waals surface area contributed by atoms with Gasteiger partial charge in [0.1, 0.15) is 11.5 Å². The number of benzene rings is 2. The Morgan fingerprint density at radius 2 is 1.90 bits per heavy atom. The van der Waals surface area contributed by atoms with Crippen LogP contribution in [-0.4, -0.2) is 12.2 Å². The van der Waals surface area contributed by atoms with E-state index in [1.165, 1.54) is 5.56 Å². The highest BCUT2D eigenvalue weighted by Crippen LogP contribution is 2.24. The first kappa shape index (κ1) is 14.7. The maximum absolute atomic E-state index is 9.38.